The van der Waals surface area contributed by atoms with E-state index in [2.05, 4.69) is 16.6 Å². The number of aldehydes is 1. The summed E-state index contributed by atoms with van der Waals surface area (Å²) >= 11 is 0. The van der Waals surface area contributed by atoms with Crippen LogP contribution in [-0.2, 0) is 9.53 Å². The molecule has 0 aliphatic carbocycles. The van der Waals surface area contributed by atoms with Crippen molar-refractivity contribution in [2.75, 3.05) is 14.2 Å². The van der Waals surface area contributed by atoms with Gasteiger partial charge in [0, 0.05) is 5.56 Å². The molecule has 4 heteroatoms. The minimum Gasteiger partial charge on any atom is -0.495 e. The molecule has 4 nitrogen and oxygen atoms in total. The van der Waals surface area contributed by atoms with E-state index in [1.807, 2.05) is 0 Å². The Morgan fingerprint density at radius 3 is 2.76 bits per heavy atom. The first-order valence-electron chi connectivity index (χ1n) is 4.90. The highest BCUT2D eigenvalue weighted by molar-refractivity contribution is 5.77. The first-order chi connectivity index (χ1) is 8.21. The molecule has 0 unspecified atom stereocenters. The first kappa shape index (κ1) is 12.8. The molecule has 0 saturated carbocycles. The maximum Gasteiger partial charge on any atom is 0.317 e. The van der Waals surface area contributed by atoms with Crippen molar-refractivity contribution < 1.29 is 19.1 Å². The fourth-order valence-electron chi connectivity index (χ4n) is 1.18. The number of ether oxygens (including phenoxy) is 2. The largest absolute Gasteiger partial charge is 0.495 e. The van der Waals surface area contributed by atoms with Gasteiger partial charge >= 0.3 is 5.97 Å². The average molecular weight is 232 g/mol. The van der Waals surface area contributed by atoms with E-state index < -0.39 is 5.97 Å². The summed E-state index contributed by atoms with van der Waals surface area (Å²) in [6.07, 6.45) is 0.732. The van der Waals surface area contributed by atoms with E-state index in [1.54, 1.807) is 18.2 Å². The molecule has 0 spiro atoms. The standard InChI is InChI=1S/C13H12O4/c1-16-12-7-6-10(9-14)8-11(12)4-3-5-13(15)17-2/h6-9H,5H2,1-2H3. The van der Waals surface area contributed by atoms with Gasteiger partial charge in [0.1, 0.15) is 18.5 Å². The molecule has 0 radical (unpaired) electrons. The zero-order valence-corrected chi connectivity index (χ0v) is 9.65. The molecule has 17 heavy (non-hydrogen) atoms. The molecule has 0 bridgehead atoms. The van der Waals surface area contributed by atoms with E-state index in [0.29, 0.717) is 16.9 Å². The number of hydrogen-bond acceptors (Lipinski definition) is 4. The highest BCUT2D eigenvalue weighted by atomic mass is 16.5. The van der Waals surface area contributed by atoms with Crippen LogP contribution in [0.5, 0.6) is 5.75 Å². The van der Waals surface area contributed by atoms with Crippen molar-refractivity contribution in [3.8, 4) is 17.6 Å². The van der Waals surface area contributed by atoms with Crippen molar-refractivity contribution in [2.45, 2.75) is 6.42 Å². The Balaban J connectivity index is 2.94. The highest BCUT2D eigenvalue weighted by Gasteiger charge is 2.01. The van der Waals surface area contributed by atoms with Crippen molar-refractivity contribution in [1.29, 1.82) is 0 Å². The van der Waals surface area contributed by atoms with Gasteiger partial charge in [-0.05, 0) is 18.2 Å². The van der Waals surface area contributed by atoms with Crippen LogP contribution in [0, 0.1) is 11.8 Å². The zero-order chi connectivity index (χ0) is 12.7. The fraction of sp³-hybridized carbons (Fsp3) is 0.231. The first-order valence-corrected chi connectivity index (χ1v) is 4.90. The molecule has 0 heterocycles. The maximum absolute atomic E-state index is 10.9. The second-order valence-electron chi connectivity index (χ2n) is 3.13. The molecule has 0 aliphatic rings. The SMILES string of the molecule is COC(=O)CC#Cc1cc(C=O)ccc1OC. The van der Waals surface area contributed by atoms with Crippen LogP contribution < -0.4 is 4.74 Å². The third kappa shape index (κ3) is 3.65. The second-order valence-corrected chi connectivity index (χ2v) is 3.13. The summed E-state index contributed by atoms with van der Waals surface area (Å²) in [5, 5.41) is 0. The molecule has 0 saturated heterocycles. The van der Waals surface area contributed by atoms with Crippen LogP contribution >= 0.6 is 0 Å². The highest BCUT2D eigenvalue weighted by Crippen LogP contribution is 2.17. The molecule has 1 aromatic rings. The van der Waals surface area contributed by atoms with Crippen LogP contribution in [0.25, 0.3) is 0 Å². The third-order valence-corrected chi connectivity index (χ3v) is 2.04. The van der Waals surface area contributed by atoms with Crippen molar-refractivity contribution in [1.82, 2.24) is 0 Å². The molecule has 0 atom stereocenters. The predicted octanol–water partition coefficient (Wildman–Crippen LogP) is 1.42. The van der Waals surface area contributed by atoms with Crippen LogP contribution in [-0.4, -0.2) is 26.5 Å². The number of methoxy groups -OCH3 is 2. The van der Waals surface area contributed by atoms with Crippen molar-refractivity contribution >= 4 is 12.3 Å². The van der Waals surface area contributed by atoms with Crippen LogP contribution in [0.1, 0.15) is 22.3 Å². The Labute approximate surface area is 99.5 Å². The van der Waals surface area contributed by atoms with E-state index in [1.165, 1.54) is 14.2 Å². The Morgan fingerprint density at radius 1 is 1.41 bits per heavy atom. The smallest absolute Gasteiger partial charge is 0.317 e. The van der Waals surface area contributed by atoms with Crippen LogP contribution in [0.3, 0.4) is 0 Å². The summed E-state index contributed by atoms with van der Waals surface area (Å²) in [6.45, 7) is 0. The van der Waals surface area contributed by atoms with Gasteiger partial charge in [-0.15, -0.1) is 0 Å². The number of carbonyl (C=O) groups excluding carboxylic acids is 2. The minimum absolute atomic E-state index is 0.00493. The molecular weight excluding hydrogens is 220 g/mol. The molecule has 0 fully saturated rings. The number of carbonyl (C=O) groups is 2. The summed E-state index contributed by atoms with van der Waals surface area (Å²) in [4.78, 5) is 21.5. The topological polar surface area (TPSA) is 52.6 Å². The molecule has 0 aromatic heterocycles. The van der Waals surface area contributed by atoms with Gasteiger partial charge in [0.2, 0.25) is 0 Å². The third-order valence-electron chi connectivity index (χ3n) is 2.04. The van der Waals surface area contributed by atoms with Crippen molar-refractivity contribution in [3.05, 3.63) is 29.3 Å². The van der Waals surface area contributed by atoms with Crippen molar-refractivity contribution in [3.63, 3.8) is 0 Å². The molecule has 0 amide bonds. The Bertz CT molecular complexity index is 480. The van der Waals surface area contributed by atoms with Crippen LogP contribution in [0.15, 0.2) is 18.2 Å². The van der Waals surface area contributed by atoms with Crippen molar-refractivity contribution in [2.24, 2.45) is 0 Å². The Morgan fingerprint density at radius 2 is 2.18 bits per heavy atom. The van der Waals surface area contributed by atoms with Crippen LogP contribution in [0.4, 0.5) is 0 Å². The lowest BCUT2D eigenvalue weighted by atomic mass is 10.1. The van der Waals surface area contributed by atoms with Gasteiger partial charge in [0.05, 0.1) is 19.8 Å². The van der Waals surface area contributed by atoms with Gasteiger partial charge in [-0.2, -0.15) is 0 Å². The van der Waals surface area contributed by atoms with Gasteiger partial charge in [-0.1, -0.05) is 11.8 Å². The zero-order valence-electron chi connectivity index (χ0n) is 9.65. The normalized spacial score (nSPS) is 8.82. The van der Waals surface area contributed by atoms with Gasteiger partial charge in [0.25, 0.3) is 0 Å². The summed E-state index contributed by atoms with van der Waals surface area (Å²) < 4.78 is 9.55. The van der Waals surface area contributed by atoms with Gasteiger partial charge in [0.15, 0.2) is 0 Å². The molecule has 1 aromatic carbocycles. The lowest BCUT2D eigenvalue weighted by Crippen LogP contribution is -1.97. The summed E-state index contributed by atoms with van der Waals surface area (Å²) in [7, 11) is 2.82. The number of hydrogen-bond donors (Lipinski definition) is 0. The molecule has 0 aliphatic heterocycles. The average Bonchev–Trinajstić information content (AvgIpc) is 2.38. The molecule has 1 rings (SSSR count). The quantitative estimate of drug-likeness (QED) is 0.449. The van der Waals surface area contributed by atoms with E-state index in [-0.39, 0.29) is 6.42 Å². The molecule has 0 N–H and O–H groups in total. The van der Waals surface area contributed by atoms with E-state index in [4.69, 9.17) is 4.74 Å². The van der Waals surface area contributed by atoms with E-state index in [9.17, 15) is 9.59 Å². The summed E-state index contributed by atoms with van der Waals surface area (Å²) in [6, 6.07) is 4.90. The predicted molar refractivity (Wildman–Crippen MR) is 61.9 cm³/mol. The molecule has 88 valence electrons. The van der Waals surface area contributed by atoms with Crippen LogP contribution in [0.2, 0.25) is 0 Å². The van der Waals surface area contributed by atoms with E-state index in [0.717, 1.165) is 6.29 Å². The lowest BCUT2D eigenvalue weighted by molar-refractivity contribution is -0.139. The monoisotopic (exact) mass is 232 g/mol. The lowest BCUT2D eigenvalue weighted by Gasteiger charge is -2.02. The van der Waals surface area contributed by atoms with Gasteiger partial charge < -0.3 is 9.47 Å². The maximum atomic E-state index is 10.9. The summed E-state index contributed by atoms with van der Waals surface area (Å²) in [5.74, 6) is 5.59. The van der Waals surface area contributed by atoms with Gasteiger partial charge in [-0.3, -0.25) is 9.59 Å². The Hall–Kier alpha value is -2.28. The fourth-order valence-corrected chi connectivity index (χ4v) is 1.18. The number of benzene rings is 1. The second kappa shape index (κ2) is 6.33. The number of rotatable bonds is 3. The Kier molecular flexibility index (Phi) is 4.77. The summed E-state index contributed by atoms with van der Waals surface area (Å²) in [5.41, 5.74) is 1.08. The number of esters is 1. The minimum atomic E-state index is -0.400. The van der Waals surface area contributed by atoms with Gasteiger partial charge in [-0.25, -0.2) is 0 Å². The molecular formula is C13H12O4. The van der Waals surface area contributed by atoms with E-state index >= 15 is 0 Å².